The fraction of sp³-hybridized carbons (Fsp3) is 0.480. The zero-order chi connectivity index (χ0) is 23.1. The molecule has 0 atom stereocenters. The number of nitrogens with zero attached hydrogens (tertiary/aromatic N) is 1. The SMILES string of the molecule is CCC1CCC(CC(=O)c2cnc(OC)c(OCCc3cccc(Cl)c3)c2)(C(=O)O)CC1. The van der Waals surface area contributed by atoms with Crippen molar-refractivity contribution >= 4 is 23.4 Å². The monoisotopic (exact) mass is 459 g/mol. The summed E-state index contributed by atoms with van der Waals surface area (Å²) >= 11 is 6.02. The smallest absolute Gasteiger partial charge is 0.310 e. The molecule has 32 heavy (non-hydrogen) atoms. The van der Waals surface area contributed by atoms with Gasteiger partial charge in [0.2, 0.25) is 0 Å². The molecule has 1 aliphatic carbocycles. The molecule has 0 unspecified atom stereocenters. The Balaban J connectivity index is 1.70. The summed E-state index contributed by atoms with van der Waals surface area (Å²) in [6.07, 6.45) is 5.80. The van der Waals surface area contributed by atoms with Gasteiger partial charge in [0, 0.05) is 29.6 Å². The van der Waals surface area contributed by atoms with E-state index in [4.69, 9.17) is 21.1 Å². The Hall–Kier alpha value is -2.60. The molecule has 6 nitrogen and oxygen atoms in total. The Morgan fingerprint density at radius 1 is 1.25 bits per heavy atom. The van der Waals surface area contributed by atoms with Gasteiger partial charge >= 0.3 is 5.97 Å². The lowest BCUT2D eigenvalue weighted by Gasteiger charge is -2.36. The minimum atomic E-state index is -1.00. The van der Waals surface area contributed by atoms with Crippen LogP contribution in [0.4, 0.5) is 0 Å². The summed E-state index contributed by atoms with van der Waals surface area (Å²) in [4.78, 5) is 29.3. The molecule has 1 fully saturated rings. The lowest BCUT2D eigenvalue weighted by Crippen LogP contribution is -2.37. The highest BCUT2D eigenvalue weighted by Gasteiger charge is 2.43. The van der Waals surface area contributed by atoms with Gasteiger partial charge in [-0.1, -0.05) is 37.1 Å². The topological polar surface area (TPSA) is 85.7 Å². The number of carbonyl (C=O) groups excluding carboxylic acids is 1. The number of aromatic nitrogens is 1. The van der Waals surface area contributed by atoms with Gasteiger partial charge in [0.15, 0.2) is 11.5 Å². The fourth-order valence-corrected chi connectivity index (χ4v) is 4.54. The predicted molar refractivity (Wildman–Crippen MR) is 123 cm³/mol. The van der Waals surface area contributed by atoms with Gasteiger partial charge in [0.05, 0.1) is 19.1 Å². The molecular formula is C25H30ClNO5. The normalized spacial score (nSPS) is 20.5. The third-order valence-electron chi connectivity index (χ3n) is 6.46. The summed E-state index contributed by atoms with van der Waals surface area (Å²) in [6.45, 7) is 2.48. The van der Waals surface area contributed by atoms with Gasteiger partial charge in [-0.25, -0.2) is 4.98 Å². The molecular weight excluding hydrogens is 430 g/mol. The Bertz CT molecular complexity index is 953. The number of carboxylic acids is 1. The third-order valence-corrected chi connectivity index (χ3v) is 6.70. The van der Waals surface area contributed by atoms with Crippen LogP contribution in [0.1, 0.15) is 61.4 Å². The van der Waals surface area contributed by atoms with Gasteiger partial charge < -0.3 is 14.6 Å². The zero-order valence-corrected chi connectivity index (χ0v) is 19.4. The number of methoxy groups -OCH3 is 1. The summed E-state index contributed by atoms with van der Waals surface area (Å²) in [6, 6.07) is 9.12. The minimum absolute atomic E-state index is 0.0330. The van der Waals surface area contributed by atoms with Crippen LogP contribution in [-0.4, -0.2) is 35.6 Å². The van der Waals surface area contributed by atoms with Crippen LogP contribution in [0.5, 0.6) is 11.6 Å². The predicted octanol–water partition coefficient (Wildman–Crippen LogP) is 5.61. The molecule has 0 spiro atoms. The van der Waals surface area contributed by atoms with Gasteiger partial charge in [-0.05, 0) is 55.4 Å². The van der Waals surface area contributed by atoms with E-state index in [1.54, 1.807) is 6.07 Å². The van der Waals surface area contributed by atoms with E-state index >= 15 is 0 Å². The molecule has 0 amide bonds. The molecule has 0 bridgehead atoms. The molecule has 1 saturated carbocycles. The van der Waals surface area contributed by atoms with Crippen molar-refractivity contribution in [3.05, 3.63) is 52.7 Å². The highest BCUT2D eigenvalue weighted by Crippen LogP contribution is 2.43. The number of rotatable bonds is 10. The molecule has 2 aromatic rings. The highest BCUT2D eigenvalue weighted by atomic mass is 35.5. The van der Waals surface area contributed by atoms with Crippen molar-refractivity contribution < 1.29 is 24.2 Å². The number of carboxylic acid groups (broad SMARTS) is 1. The Morgan fingerprint density at radius 2 is 2.00 bits per heavy atom. The molecule has 0 saturated heterocycles. The summed E-state index contributed by atoms with van der Waals surface area (Å²) in [5.74, 6) is 0.0558. The highest BCUT2D eigenvalue weighted by molar-refractivity contribution is 6.30. The van der Waals surface area contributed by atoms with Crippen molar-refractivity contribution in [3.63, 3.8) is 0 Å². The average molecular weight is 460 g/mol. The van der Waals surface area contributed by atoms with Crippen molar-refractivity contribution in [2.45, 2.75) is 51.9 Å². The molecule has 0 aliphatic heterocycles. The molecule has 172 valence electrons. The number of hydrogen-bond acceptors (Lipinski definition) is 5. The van der Waals surface area contributed by atoms with E-state index in [-0.39, 0.29) is 18.1 Å². The average Bonchev–Trinajstić information content (AvgIpc) is 2.79. The second kappa shape index (κ2) is 10.8. The number of benzene rings is 1. The van der Waals surface area contributed by atoms with E-state index in [1.807, 2.05) is 24.3 Å². The fourth-order valence-electron chi connectivity index (χ4n) is 4.33. The van der Waals surface area contributed by atoms with E-state index in [9.17, 15) is 14.7 Å². The van der Waals surface area contributed by atoms with Gasteiger partial charge in [0.25, 0.3) is 5.88 Å². The van der Waals surface area contributed by atoms with Crippen LogP contribution < -0.4 is 9.47 Å². The number of ketones is 1. The number of hydrogen-bond donors (Lipinski definition) is 1. The van der Waals surface area contributed by atoms with Crippen LogP contribution in [0.3, 0.4) is 0 Å². The van der Waals surface area contributed by atoms with Crippen molar-refractivity contribution in [1.82, 2.24) is 4.98 Å². The number of ether oxygens (including phenoxy) is 2. The van der Waals surface area contributed by atoms with Gasteiger partial charge in [-0.2, -0.15) is 0 Å². The number of Topliss-reactive ketones (excluding diaryl/α,β-unsaturated/α-hetero) is 1. The molecule has 1 aromatic carbocycles. The Labute approximate surface area is 193 Å². The van der Waals surface area contributed by atoms with Gasteiger partial charge in [-0.15, -0.1) is 0 Å². The van der Waals surface area contributed by atoms with E-state index in [1.165, 1.54) is 13.3 Å². The van der Waals surface area contributed by atoms with E-state index < -0.39 is 11.4 Å². The number of aliphatic carboxylic acids is 1. The van der Waals surface area contributed by atoms with Crippen molar-refractivity contribution in [3.8, 4) is 11.6 Å². The van der Waals surface area contributed by atoms with Crippen LogP contribution >= 0.6 is 11.6 Å². The lowest BCUT2D eigenvalue weighted by atomic mass is 9.67. The lowest BCUT2D eigenvalue weighted by molar-refractivity contribution is -0.151. The summed E-state index contributed by atoms with van der Waals surface area (Å²) in [5.41, 5.74) is 0.362. The first-order valence-electron chi connectivity index (χ1n) is 11.0. The van der Waals surface area contributed by atoms with Crippen LogP contribution in [0.25, 0.3) is 0 Å². The maximum Gasteiger partial charge on any atom is 0.310 e. The van der Waals surface area contributed by atoms with Crippen LogP contribution in [-0.2, 0) is 11.2 Å². The van der Waals surface area contributed by atoms with Gasteiger partial charge in [0.1, 0.15) is 0 Å². The number of pyridine rings is 1. The maximum absolute atomic E-state index is 13.0. The summed E-state index contributed by atoms with van der Waals surface area (Å²) in [5, 5.41) is 10.6. The molecule has 0 radical (unpaired) electrons. The van der Waals surface area contributed by atoms with Crippen LogP contribution in [0.2, 0.25) is 5.02 Å². The van der Waals surface area contributed by atoms with Crippen molar-refractivity contribution in [2.24, 2.45) is 11.3 Å². The number of halogens is 1. The molecule has 7 heteroatoms. The molecule has 1 aromatic heterocycles. The molecule has 1 aliphatic rings. The Morgan fingerprint density at radius 3 is 2.62 bits per heavy atom. The molecule has 3 rings (SSSR count). The standard InChI is InChI=1S/C25H30ClNO5/c1-3-17-7-10-25(11-8-17,24(29)30)15-21(28)19-14-22(23(31-2)27-16-19)32-12-9-18-5-4-6-20(26)13-18/h4-6,13-14,16-17H,3,7-12,15H2,1-2H3,(H,29,30). The van der Waals surface area contributed by atoms with Crippen molar-refractivity contribution in [1.29, 1.82) is 0 Å². The first kappa shape index (κ1) is 24.1. The molecule has 1 N–H and O–H groups in total. The first-order chi connectivity index (χ1) is 15.4. The van der Waals surface area contributed by atoms with Crippen molar-refractivity contribution in [2.75, 3.05) is 13.7 Å². The second-order valence-electron chi connectivity index (χ2n) is 8.50. The maximum atomic E-state index is 13.0. The first-order valence-corrected chi connectivity index (χ1v) is 11.4. The summed E-state index contributed by atoms with van der Waals surface area (Å²) < 4.78 is 11.1. The Kier molecular flexibility index (Phi) is 8.13. The minimum Gasteiger partial charge on any atom is -0.488 e. The summed E-state index contributed by atoms with van der Waals surface area (Å²) in [7, 11) is 1.49. The zero-order valence-electron chi connectivity index (χ0n) is 18.6. The third kappa shape index (κ3) is 5.80. The molecule has 1 heterocycles. The van der Waals surface area contributed by atoms with Gasteiger partial charge in [-0.3, -0.25) is 9.59 Å². The quantitative estimate of drug-likeness (QED) is 0.465. The van der Waals surface area contributed by atoms with Crippen LogP contribution in [0.15, 0.2) is 36.5 Å². The van der Waals surface area contributed by atoms with E-state index in [0.29, 0.717) is 48.1 Å². The number of carbonyl (C=O) groups is 2. The van der Waals surface area contributed by atoms with E-state index in [2.05, 4.69) is 11.9 Å². The largest absolute Gasteiger partial charge is 0.488 e. The second-order valence-corrected chi connectivity index (χ2v) is 8.93. The van der Waals surface area contributed by atoms with E-state index in [0.717, 1.165) is 24.8 Å². The van der Waals surface area contributed by atoms with Crippen LogP contribution in [0, 0.1) is 11.3 Å².